The van der Waals surface area contributed by atoms with Crippen LogP contribution in [0, 0.1) is 0 Å². The first-order chi connectivity index (χ1) is 12.7. The van der Waals surface area contributed by atoms with Crippen LogP contribution in [0.3, 0.4) is 0 Å². The van der Waals surface area contributed by atoms with Crippen molar-refractivity contribution >= 4 is 39.3 Å². The second-order valence-electron chi connectivity index (χ2n) is 5.97. The molecule has 4 aromatic heterocycles. The molecule has 0 radical (unpaired) electrons. The summed E-state index contributed by atoms with van der Waals surface area (Å²) in [6, 6.07) is 7.41. The van der Waals surface area contributed by atoms with Crippen LogP contribution in [-0.4, -0.2) is 34.3 Å². The van der Waals surface area contributed by atoms with E-state index in [1.165, 1.54) is 15.4 Å². The van der Waals surface area contributed by atoms with E-state index in [4.69, 9.17) is 11.6 Å². The summed E-state index contributed by atoms with van der Waals surface area (Å²) < 4.78 is 3.05. The molecule has 0 bridgehead atoms. The van der Waals surface area contributed by atoms with Gasteiger partial charge in [-0.15, -0.1) is 10.2 Å². The Labute approximate surface area is 151 Å². The summed E-state index contributed by atoms with van der Waals surface area (Å²) in [7, 11) is 0. The van der Waals surface area contributed by atoms with Crippen molar-refractivity contribution in [1.29, 1.82) is 0 Å². The van der Waals surface area contributed by atoms with Crippen molar-refractivity contribution in [3.63, 3.8) is 0 Å². The van der Waals surface area contributed by atoms with Gasteiger partial charge in [-0.1, -0.05) is 11.6 Å². The first-order valence-electron chi connectivity index (χ1n) is 8.02. The Morgan fingerprint density at radius 3 is 3.04 bits per heavy atom. The first-order valence-corrected chi connectivity index (χ1v) is 8.39. The van der Waals surface area contributed by atoms with Gasteiger partial charge in [-0.2, -0.15) is 9.61 Å². The van der Waals surface area contributed by atoms with Crippen LogP contribution in [0.5, 0.6) is 0 Å². The van der Waals surface area contributed by atoms with E-state index >= 15 is 0 Å². The van der Waals surface area contributed by atoms with Gasteiger partial charge >= 0.3 is 0 Å². The van der Waals surface area contributed by atoms with Crippen LogP contribution in [0.15, 0.2) is 47.8 Å². The number of H-pyrrole nitrogens is 1. The summed E-state index contributed by atoms with van der Waals surface area (Å²) in [6.45, 7) is 0.472. The summed E-state index contributed by atoms with van der Waals surface area (Å²) >= 11 is 6.09. The molecule has 8 nitrogen and oxygen atoms in total. The lowest BCUT2D eigenvalue weighted by Gasteiger charge is -2.06. The zero-order chi connectivity index (χ0) is 17.7. The summed E-state index contributed by atoms with van der Waals surface area (Å²) in [5.41, 5.74) is 3.02. The van der Waals surface area contributed by atoms with Gasteiger partial charge in [0.1, 0.15) is 6.33 Å². The second kappa shape index (κ2) is 5.63. The standard InChI is InChI=1S/C17H12ClN7O/c18-11-1-2-13-12(7-11)10(8-19-13)4-6-24-9-20-16-15(17(24)26)23-22-14-3-5-21-25(14)16/h1-3,5,7-9,19H,4,6H2. The highest BCUT2D eigenvalue weighted by Gasteiger charge is 2.11. The number of halogens is 1. The van der Waals surface area contributed by atoms with Gasteiger partial charge in [0, 0.05) is 34.7 Å². The molecule has 0 amide bonds. The van der Waals surface area contributed by atoms with Crippen molar-refractivity contribution < 1.29 is 0 Å². The number of aryl methyl sites for hydroxylation is 2. The third-order valence-corrected chi connectivity index (χ3v) is 4.66. The second-order valence-corrected chi connectivity index (χ2v) is 6.41. The lowest BCUT2D eigenvalue weighted by atomic mass is 10.1. The van der Waals surface area contributed by atoms with E-state index in [0.29, 0.717) is 29.3 Å². The molecule has 0 unspecified atom stereocenters. The van der Waals surface area contributed by atoms with Gasteiger partial charge in [-0.25, -0.2) is 4.98 Å². The van der Waals surface area contributed by atoms with Crippen LogP contribution < -0.4 is 5.56 Å². The number of aromatic amines is 1. The lowest BCUT2D eigenvalue weighted by Crippen LogP contribution is -2.23. The maximum absolute atomic E-state index is 12.7. The van der Waals surface area contributed by atoms with Gasteiger partial charge < -0.3 is 4.98 Å². The Bertz CT molecular complexity index is 1330. The van der Waals surface area contributed by atoms with E-state index in [9.17, 15) is 4.79 Å². The first kappa shape index (κ1) is 15.0. The molecule has 1 N–H and O–H groups in total. The van der Waals surface area contributed by atoms with Crippen LogP contribution in [0.1, 0.15) is 5.56 Å². The molecule has 0 aliphatic carbocycles. The SMILES string of the molecule is O=c1c2nnc3ccnn3c2ncn1CCc1c[nH]c2ccc(Cl)cc12. The van der Waals surface area contributed by atoms with Crippen LogP contribution in [0.4, 0.5) is 0 Å². The van der Waals surface area contributed by atoms with E-state index in [1.807, 2.05) is 24.4 Å². The fourth-order valence-corrected chi connectivity index (χ4v) is 3.28. The zero-order valence-corrected chi connectivity index (χ0v) is 14.2. The van der Waals surface area contributed by atoms with Crippen LogP contribution in [0.25, 0.3) is 27.7 Å². The van der Waals surface area contributed by atoms with Crippen molar-refractivity contribution in [3.8, 4) is 0 Å². The summed E-state index contributed by atoms with van der Waals surface area (Å²) in [5, 5.41) is 13.9. The Balaban J connectivity index is 1.53. The lowest BCUT2D eigenvalue weighted by molar-refractivity contribution is 0.659. The van der Waals surface area contributed by atoms with Crippen molar-refractivity contribution in [3.05, 3.63) is 63.9 Å². The normalized spacial score (nSPS) is 11.7. The fourth-order valence-electron chi connectivity index (χ4n) is 3.11. The van der Waals surface area contributed by atoms with Gasteiger partial charge in [-0.05, 0) is 30.2 Å². The minimum Gasteiger partial charge on any atom is -0.361 e. The number of rotatable bonds is 3. The number of fused-ring (bicyclic) bond motifs is 4. The van der Waals surface area contributed by atoms with Gasteiger partial charge in [0.05, 0.1) is 6.20 Å². The molecule has 4 heterocycles. The summed E-state index contributed by atoms with van der Waals surface area (Å²) in [4.78, 5) is 20.3. The van der Waals surface area contributed by atoms with Crippen molar-refractivity contribution in [1.82, 2.24) is 34.3 Å². The highest BCUT2D eigenvalue weighted by Crippen LogP contribution is 2.23. The molecule has 0 spiro atoms. The highest BCUT2D eigenvalue weighted by molar-refractivity contribution is 6.31. The number of nitrogens with one attached hydrogen (secondary N) is 1. The average Bonchev–Trinajstić information content (AvgIpc) is 3.27. The fraction of sp³-hybridized carbons (Fsp3) is 0.118. The molecule has 0 fully saturated rings. The maximum Gasteiger partial charge on any atom is 0.283 e. The van der Waals surface area contributed by atoms with Crippen LogP contribution in [-0.2, 0) is 13.0 Å². The van der Waals surface area contributed by atoms with Crippen LogP contribution >= 0.6 is 11.6 Å². The minimum atomic E-state index is -0.238. The molecule has 128 valence electrons. The Morgan fingerprint density at radius 2 is 2.12 bits per heavy atom. The number of benzene rings is 1. The third kappa shape index (κ3) is 2.26. The predicted molar refractivity (Wildman–Crippen MR) is 97.4 cm³/mol. The molecule has 26 heavy (non-hydrogen) atoms. The maximum atomic E-state index is 12.7. The Morgan fingerprint density at radius 1 is 1.19 bits per heavy atom. The van der Waals surface area contributed by atoms with E-state index in [-0.39, 0.29) is 11.1 Å². The average molecular weight is 366 g/mol. The molecule has 1 aromatic carbocycles. The molecule has 0 saturated heterocycles. The van der Waals surface area contributed by atoms with Crippen molar-refractivity contribution in [2.75, 3.05) is 0 Å². The molecular weight excluding hydrogens is 354 g/mol. The summed E-state index contributed by atoms with van der Waals surface area (Å²) in [6.07, 6.45) is 5.71. The van der Waals surface area contributed by atoms with E-state index in [1.54, 1.807) is 12.3 Å². The zero-order valence-electron chi connectivity index (χ0n) is 13.4. The number of nitrogens with zero attached hydrogens (tertiary/aromatic N) is 6. The molecule has 5 rings (SSSR count). The van der Waals surface area contributed by atoms with Gasteiger partial charge in [0.15, 0.2) is 16.8 Å². The largest absolute Gasteiger partial charge is 0.361 e. The van der Waals surface area contributed by atoms with Gasteiger partial charge in [0.2, 0.25) is 0 Å². The number of hydrogen-bond acceptors (Lipinski definition) is 5. The topological polar surface area (TPSA) is 93.8 Å². The monoisotopic (exact) mass is 365 g/mol. The number of hydrogen-bond donors (Lipinski definition) is 1. The highest BCUT2D eigenvalue weighted by atomic mass is 35.5. The minimum absolute atomic E-state index is 0.200. The van der Waals surface area contributed by atoms with E-state index < -0.39 is 0 Å². The van der Waals surface area contributed by atoms with Gasteiger partial charge in [0.25, 0.3) is 5.56 Å². The quantitative estimate of drug-likeness (QED) is 0.529. The smallest absolute Gasteiger partial charge is 0.283 e. The van der Waals surface area contributed by atoms with Crippen LogP contribution in [0.2, 0.25) is 5.02 Å². The molecule has 5 aromatic rings. The van der Waals surface area contributed by atoms with E-state index in [2.05, 4.69) is 25.3 Å². The molecule has 9 heteroatoms. The Hall–Kier alpha value is -3.26. The van der Waals surface area contributed by atoms with Crippen molar-refractivity contribution in [2.45, 2.75) is 13.0 Å². The van der Waals surface area contributed by atoms with Gasteiger partial charge in [-0.3, -0.25) is 9.36 Å². The molecular formula is C17H12ClN7O. The molecule has 0 atom stereocenters. The van der Waals surface area contributed by atoms with E-state index in [0.717, 1.165) is 16.5 Å². The third-order valence-electron chi connectivity index (χ3n) is 4.42. The summed E-state index contributed by atoms with van der Waals surface area (Å²) in [5.74, 6) is 0. The molecule has 0 aliphatic rings. The molecule has 0 saturated carbocycles. The molecule has 0 aliphatic heterocycles. The van der Waals surface area contributed by atoms with Crippen molar-refractivity contribution in [2.24, 2.45) is 0 Å². The Kier molecular flexibility index (Phi) is 3.26. The number of aromatic nitrogens is 7. The predicted octanol–water partition coefficient (Wildman–Crippen LogP) is 2.21.